The fraction of sp³-hybridized carbons (Fsp3) is 0.278. The van der Waals surface area contributed by atoms with E-state index >= 15 is 0 Å². The zero-order valence-corrected chi connectivity index (χ0v) is 14.6. The first-order valence-corrected chi connectivity index (χ1v) is 9.78. The Kier molecular flexibility index (Phi) is 5.51. The van der Waals surface area contributed by atoms with Gasteiger partial charge in [0.2, 0.25) is 5.91 Å². The van der Waals surface area contributed by atoms with E-state index in [2.05, 4.69) is 30.5 Å². The largest absolute Gasteiger partial charge is 0.492 e. The molecule has 0 saturated carbocycles. The summed E-state index contributed by atoms with van der Waals surface area (Å²) in [6.07, 6.45) is 2.07. The Bertz CT molecular complexity index is 646. The molecule has 0 bridgehead atoms. The molecule has 1 heterocycles. The molecule has 0 spiro atoms. The lowest BCUT2D eigenvalue weighted by atomic mass is 10.2. The number of carbonyl (C=O) groups is 1. The van der Waals surface area contributed by atoms with Crippen LogP contribution in [0.1, 0.15) is 10.9 Å². The fourth-order valence-electron chi connectivity index (χ4n) is 2.52. The van der Waals surface area contributed by atoms with Gasteiger partial charge in [-0.2, -0.15) is 0 Å². The molecule has 5 heteroatoms. The summed E-state index contributed by atoms with van der Waals surface area (Å²) in [4.78, 5) is 15.3. The number of amides is 1. The van der Waals surface area contributed by atoms with Crippen LogP contribution in [0.3, 0.4) is 0 Å². The van der Waals surface area contributed by atoms with E-state index in [9.17, 15) is 4.79 Å². The summed E-state index contributed by atoms with van der Waals surface area (Å²) in [5.74, 6) is 1.57. The molecule has 0 aromatic heterocycles. The number of rotatable bonds is 6. The van der Waals surface area contributed by atoms with E-state index < -0.39 is 0 Å². The van der Waals surface area contributed by atoms with Crippen molar-refractivity contribution in [3.05, 3.63) is 60.2 Å². The molecule has 3 nitrogen and oxygen atoms in total. The summed E-state index contributed by atoms with van der Waals surface area (Å²) in [5.41, 5.74) is 1.18. The Morgan fingerprint density at radius 1 is 1.17 bits per heavy atom. The van der Waals surface area contributed by atoms with Gasteiger partial charge in [-0.05, 0) is 36.1 Å². The third-order valence-corrected chi connectivity index (χ3v) is 5.71. The molecular formula is C18H19NO2S2. The molecular weight excluding hydrogens is 326 g/mol. The molecule has 1 unspecified atom stereocenters. The Morgan fingerprint density at radius 2 is 1.91 bits per heavy atom. The van der Waals surface area contributed by atoms with Gasteiger partial charge in [0, 0.05) is 4.90 Å². The highest BCUT2D eigenvalue weighted by Gasteiger charge is 2.32. The van der Waals surface area contributed by atoms with Crippen LogP contribution in [0.25, 0.3) is 0 Å². The van der Waals surface area contributed by atoms with Gasteiger partial charge in [0.15, 0.2) is 0 Å². The summed E-state index contributed by atoms with van der Waals surface area (Å²) < 4.78 is 5.73. The number of para-hydroxylation sites is 1. The van der Waals surface area contributed by atoms with E-state index in [1.54, 1.807) is 23.5 Å². The molecule has 1 atom stereocenters. The molecule has 2 aromatic carbocycles. The molecule has 3 rings (SSSR count). The number of ether oxygens (including phenoxy) is 1. The number of hydrogen-bond donors (Lipinski definition) is 0. The van der Waals surface area contributed by atoms with E-state index in [4.69, 9.17) is 4.74 Å². The van der Waals surface area contributed by atoms with E-state index in [1.807, 2.05) is 35.2 Å². The maximum Gasteiger partial charge on any atom is 0.233 e. The van der Waals surface area contributed by atoms with Crippen molar-refractivity contribution in [2.24, 2.45) is 0 Å². The standard InChI is InChI=1S/C18H19NO2S2/c1-22-16-9-7-14(8-10-16)18-19(17(20)13-23-18)11-12-21-15-5-3-2-4-6-15/h2-10,18H,11-13H2,1H3. The van der Waals surface area contributed by atoms with Gasteiger partial charge in [-0.1, -0.05) is 30.3 Å². The van der Waals surface area contributed by atoms with Gasteiger partial charge in [-0.15, -0.1) is 23.5 Å². The summed E-state index contributed by atoms with van der Waals surface area (Å²) in [7, 11) is 0. The van der Waals surface area contributed by atoms with Crippen LogP contribution < -0.4 is 4.74 Å². The predicted octanol–water partition coefficient (Wildman–Crippen LogP) is 4.06. The number of carbonyl (C=O) groups excluding carboxylic acids is 1. The van der Waals surface area contributed by atoms with Crippen LogP contribution in [0, 0.1) is 0 Å². The average Bonchev–Trinajstić information content (AvgIpc) is 2.97. The highest BCUT2D eigenvalue weighted by Crippen LogP contribution is 2.38. The maximum atomic E-state index is 12.2. The smallest absolute Gasteiger partial charge is 0.233 e. The van der Waals surface area contributed by atoms with Crippen molar-refractivity contribution in [1.29, 1.82) is 0 Å². The summed E-state index contributed by atoms with van der Waals surface area (Å²) in [6.45, 7) is 1.12. The van der Waals surface area contributed by atoms with Crippen molar-refractivity contribution in [1.82, 2.24) is 4.90 Å². The minimum absolute atomic E-state index is 0.0952. The highest BCUT2D eigenvalue weighted by molar-refractivity contribution is 8.00. The monoisotopic (exact) mass is 345 g/mol. The van der Waals surface area contributed by atoms with Gasteiger partial charge in [0.05, 0.1) is 12.3 Å². The van der Waals surface area contributed by atoms with E-state index in [0.717, 1.165) is 5.75 Å². The molecule has 1 amide bonds. The second-order valence-corrected chi connectivity index (χ2v) is 7.13. The number of thioether (sulfide) groups is 2. The van der Waals surface area contributed by atoms with Crippen molar-refractivity contribution in [3.8, 4) is 5.75 Å². The van der Waals surface area contributed by atoms with Crippen molar-refractivity contribution in [2.75, 3.05) is 25.2 Å². The van der Waals surface area contributed by atoms with E-state index in [-0.39, 0.29) is 11.3 Å². The second-order valence-electron chi connectivity index (χ2n) is 5.19. The Balaban J connectivity index is 1.62. The van der Waals surface area contributed by atoms with Crippen molar-refractivity contribution in [3.63, 3.8) is 0 Å². The maximum absolute atomic E-state index is 12.2. The second kappa shape index (κ2) is 7.79. The summed E-state index contributed by atoms with van der Waals surface area (Å²) in [5, 5.41) is 0.0952. The first-order chi connectivity index (χ1) is 11.3. The zero-order valence-electron chi connectivity index (χ0n) is 13.0. The molecule has 1 aliphatic heterocycles. The van der Waals surface area contributed by atoms with Gasteiger partial charge < -0.3 is 9.64 Å². The highest BCUT2D eigenvalue weighted by atomic mass is 32.2. The minimum atomic E-state index is 0.0952. The quantitative estimate of drug-likeness (QED) is 0.739. The van der Waals surface area contributed by atoms with Gasteiger partial charge in [-0.3, -0.25) is 4.79 Å². The minimum Gasteiger partial charge on any atom is -0.492 e. The van der Waals surface area contributed by atoms with Crippen LogP contribution in [0.2, 0.25) is 0 Å². The summed E-state index contributed by atoms with van der Waals surface area (Å²) >= 11 is 3.41. The molecule has 0 radical (unpaired) electrons. The van der Waals surface area contributed by atoms with Crippen molar-refractivity contribution >= 4 is 29.4 Å². The van der Waals surface area contributed by atoms with Crippen LogP contribution >= 0.6 is 23.5 Å². The van der Waals surface area contributed by atoms with Crippen LogP contribution in [-0.4, -0.2) is 36.0 Å². The van der Waals surface area contributed by atoms with Crippen molar-refractivity contribution < 1.29 is 9.53 Å². The molecule has 1 aliphatic rings. The fourth-order valence-corrected chi connectivity index (χ4v) is 4.15. The molecule has 1 fully saturated rings. The normalized spacial score (nSPS) is 17.5. The van der Waals surface area contributed by atoms with E-state index in [0.29, 0.717) is 18.9 Å². The Labute approximate surface area is 145 Å². The number of benzene rings is 2. The number of hydrogen-bond acceptors (Lipinski definition) is 4. The number of nitrogens with zero attached hydrogens (tertiary/aromatic N) is 1. The lowest BCUT2D eigenvalue weighted by Gasteiger charge is -2.24. The molecule has 120 valence electrons. The average molecular weight is 345 g/mol. The molecule has 0 N–H and O–H groups in total. The third-order valence-electron chi connectivity index (χ3n) is 3.71. The van der Waals surface area contributed by atoms with Crippen LogP contribution in [0.15, 0.2) is 59.5 Å². The zero-order chi connectivity index (χ0) is 16.1. The first kappa shape index (κ1) is 16.3. The molecule has 1 saturated heterocycles. The topological polar surface area (TPSA) is 29.5 Å². The lowest BCUT2D eigenvalue weighted by Crippen LogP contribution is -2.32. The predicted molar refractivity (Wildman–Crippen MR) is 97.1 cm³/mol. The van der Waals surface area contributed by atoms with Gasteiger partial charge >= 0.3 is 0 Å². The SMILES string of the molecule is CSc1ccc(C2SCC(=O)N2CCOc2ccccc2)cc1. The van der Waals surface area contributed by atoms with Crippen LogP contribution in [0.5, 0.6) is 5.75 Å². The van der Waals surface area contributed by atoms with E-state index in [1.165, 1.54) is 10.5 Å². The van der Waals surface area contributed by atoms with Crippen LogP contribution in [0.4, 0.5) is 0 Å². The molecule has 2 aromatic rings. The molecule has 0 aliphatic carbocycles. The lowest BCUT2D eigenvalue weighted by molar-refractivity contribution is -0.128. The molecule has 23 heavy (non-hydrogen) atoms. The first-order valence-electron chi connectivity index (χ1n) is 7.51. The van der Waals surface area contributed by atoms with Crippen LogP contribution in [-0.2, 0) is 4.79 Å². The third kappa shape index (κ3) is 4.03. The Morgan fingerprint density at radius 3 is 2.61 bits per heavy atom. The van der Waals surface area contributed by atoms with Gasteiger partial charge in [0.25, 0.3) is 0 Å². The Hall–Kier alpha value is -1.59. The van der Waals surface area contributed by atoms with Crippen molar-refractivity contribution in [2.45, 2.75) is 10.3 Å². The van der Waals surface area contributed by atoms with Gasteiger partial charge in [-0.25, -0.2) is 0 Å². The summed E-state index contributed by atoms with van der Waals surface area (Å²) in [6, 6.07) is 18.2. The van der Waals surface area contributed by atoms with Gasteiger partial charge in [0.1, 0.15) is 17.7 Å².